The van der Waals surface area contributed by atoms with Crippen LogP contribution < -0.4 is 0 Å². The molecule has 1 atom stereocenters. The van der Waals surface area contributed by atoms with E-state index in [1.165, 1.54) is 109 Å². The highest BCUT2D eigenvalue weighted by atomic mass is 16.6. The molecule has 0 heterocycles. The zero-order valence-corrected chi connectivity index (χ0v) is 47.2. The topological polar surface area (TPSA) is 78.9 Å². The molecular formula is C66H112O6. The minimum atomic E-state index is -0.791. The van der Waals surface area contributed by atoms with Gasteiger partial charge in [0.05, 0.1) is 0 Å². The first-order valence-electron chi connectivity index (χ1n) is 30.2. The van der Waals surface area contributed by atoms with Crippen LogP contribution in [0.1, 0.15) is 284 Å². The van der Waals surface area contributed by atoms with Crippen LogP contribution in [0.5, 0.6) is 0 Å². The molecule has 0 fully saturated rings. The van der Waals surface area contributed by atoms with Crippen molar-refractivity contribution in [2.45, 2.75) is 290 Å². The van der Waals surface area contributed by atoms with E-state index in [0.717, 1.165) is 135 Å². The Morgan fingerprint density at radius 2 is 0.542 bits per heavy atom. The number of allylic oxidation sites excluding steroid dienone is 16. The Morgan fingerprint density at radius 3 is 0.861 bits per heavy atom. The lowest BCUT2D eigenvalue weighted by Gasteiger charge is -2.18. The molecule has 0 aromatic heterocycles. The van der Waals surface area contributed by atoms with Gasteiger partial charge in [0, 0.05) is 19.3 Å². The molecule has 412 valence electrons. The van der Waals surface area contributed by atoms with Gasteiger partial charge in [-0.2, -0.15) is 0 Å². The van der Waals surface area contributed by atoms with Crippen molar-refractivity contribution >= 4 is 17.9 Å². The van der Waals surface area contributed by atoms with E-state index in [4.69, 9.17) is 14.2 Å². The standard InChI is InChI=1S/C66H112O6/c1-4-7-10-13-16-19-22-25-27-29-30-31-32-33-34-35-36-37-39-41-44-47-50-53-56-59-65(68)71-62-63(61-70-64(67)58-55-52-49-46-43-40-24-21-18-15-12-9-6-3)72-66(69)60-57-54-51-48-45-42-38-28-26-23-20-17-14-11-8-5-2/h7,10,16,19-20,23,25,27-28,30-31,33-34,36-38,63H,4-6,8-9,11-15,17-18,21-22,24,26,29,32,35,39-62H2,1-3H3/b10-7-,19-16-,23-20-,27-25-,31-30-,34-33-,37-36-,38-28-. The van der Waals surface area contributed by atoms with Gasteiger partial charge in [0.2, 0.25) is 0 Å². The number of carbonyl (C=O) groups excluding carboxylic acids is 3. The van der Waals surface area contributed by atoms with Crippen LogP contribution in [0.3, 0.4) is 0 Å². The lowest BCUT2D eigenvalue weighted by molar-refractivity contribution is -0.167. The van der Waals surface area contributed by atoms with E-state index in [1.54, 1.807) is 0 Å². The first-order valence-corrected chi connectivity index (χ1v) is 30.2. The minimum absolute atomic E-state index is 0.0862. The first-order chi connectivity index (χ1) is 35.5. The molecule has 6 heteroatoms. The molecule has 0 N–H and O–H groups in total. The van der Waals surface area contributed by atoms with Crippen molar-refractivity contribution in [3.63, 3.8) is 0 Å². The maximum absolute atomic E-state index is 12.9. The van der Waals surface area contributed by atoms with Crippen LogP contribution >= 0.6 is 0 Å². The van der Waals surface area contributed by atoms with E-state index in [-0.39, 0.29) is 31.1 Å². The maximum atomic E-state index is 12.9. The molecule has 0 aromatic carbocycles. The van der Waals surface area contributed by atoms with E-state index in [1.807, 2.05) is 0 Å². The summed E-state index contributed by atoms with van der Waals surface area (Å²) < 4.78 is 16.9. The number of ether oxygens (including phenoxy) is 3. The Bertz CT molecular complexity index is 1430. The molecule has 0 aliphatic rings. The highest BCUT2D eigenvalue weighted by Crippen LogP contribution is 2.15. The van der Waals surface area contributed by atoms with Crippen LogP contribution in [0.2, 0.25) is 0 Å². The van der Waals surface area contributed by atoms with E-state index < -0.39 is 6.10 Å². The van der Waals surface area contributed by atoms with Gasteiger partial charge in [-0.15, -0.1) is 0 Å². The number of unbranched alkanes of at least 4 members (excludes halogenated alkanes) is 27. The van der Waals surface area contributed by atoms with E-state index in [0.29, 0.717) is 19.3 Å². The Hall–Kier alpha value is -3.67. The quantitative estimate of drug-likeness (QED) is 0.0261. The predicted octanol–water partition coefficient (Wildman–Crippen LogP) is 20.5. The van der Waals surface area contributed by atoms with E-state index in [2.05, 4.69) is 118 Å². The van der Waals surface area contributed by atoms with Gasteiger partial charge in [0.1, 0.15) is 13.2 Å². The van der Waals surface area contributed by atoms with Crippen molar-refractivity contribution in [2.24, 2.45) is 0 Å². The molecule has 6 nitrogen and oxygen atoms in total. The molecule has 72 heavy (non-hydrogen) atoms. The van der Waals surface area contributed by atoms with Crippen LogP contribution in [0.15, 0.2) is 97.2 Å². The summed E-state index contributed by atoms with van der Waals surface area (Å²) in [6, 6.07) is 0. The maximum Gasteiger partial charge on any atom is 0.306 e. The summed E-state index contributed by atoms with van der Waals surface area (Å²) in [6.45, 7) is 6.50. The first kappa shape index (κ1) is 68.3. The monoisotopic (exact) mass is 1000 g/mol. The Morgan fingerprint density at radius 1 is 0.292 bits per heavy atom. The van der Waals surface area contributed by atoms with Crippen LogP contribution in [-0.2, 0) is 28.6 Å². The van der Waals surface area contributed by atoms with Crippen molar-refractivity contribution < 1.29 is 28.6 Å². The molecule has 0 amide bonds. The van der Waals surface area contributed by atoms with Crippen LogP contribution in [0, 0.1) is 0 Å². The molecule has 0 saturated carbocycles. The summed E-state index contributed by atoms with van der Waals surface area (Å²) in [6.07, 6.45) is 79.7. The summed E-state index contributed by atoms with van der Waals surface area (Å²) in [5, 5.41) is 0. The van der Waals surface area contributed by atoms with Crippen molar-refractivity contribution in [1.29, 1.82) is 0 Å². The number of hydrogen-bond donors (Lipinski definition) is 0. The van der Waals surface area contributed by atoms with Gasteiger partial charge in [0.25, 0.3) is 0 Å². The van der Waals surface area contributed by atoms with Crippen LogP contribution in [-0.4, -0.2) is 37.2 Å². The molecule has 0 aliphatic heterocycles. The Balaban J connectivity index is 4.38. The van der Waals surface area contributed by atoms with Gasteiger partial charge in [-0.05, 0) is 103 Å². The zero-order chi connectivity index (χ0) is 52.2. The molecule has 0 radical (unpaired) electrons. The van der Waals surface area contributed by atoms with Crippen molar-refractivity contribution in [3.05, 3.63) is 97.2 Å². The number of hydrogen-bond acceptors (Lipinski definition) is 6. The SMILES string of the molecule is CC/C=C\C/C=C\C/C=C\C/C=C\C/C=C\C/C=C\CCCCCCCCC(=O)OCC(COC(=O)CCCCCCCCCCCCCCC)OC(=O)CCCCCCC/C=C\C/C=C\CCCCCC. The van der Waals surface area contributed by atoms with Crippen molar-refractivity contribution in [1.82, 2.24) is 0 Å². The third-order valence-corrected chi connectivity index (χ3v) is 12.8. The summed E-state index contributed by atoms with van der Waals surface area (Å²) in [4.78, 5) is 38.2. The largest absolute Gasteiger partial charge is 0.462 e. The fourth-order valence-electron chi connectivity index (χ4n) is 8.30. The average Bonchev–Trinajstić information content (AvgIpc) is 3.38. The molecule has 1 unspecified atom stereocenters. The smallest absolute Gasteiger partial charge is 0.306 e. The normalized spacial score (nSPS) is 12.8. The van der Waals surface area contributed by atoms with Crippen LogP contribution in [0.4, 0.5) is 0 Å². The number of rotatable bonds is 54. The Kier molecular flexibility index (Phi) is 56.8. The summed E-state index contributed by atoms with van der Waals surface area (Å²) in [5.74, 6) is -0.909. The lowest BCUT2D eigenvalue weighted by Crippen LogP contribution is -2.30. The molecule has 0 aliphatic carbocycles. The molecule has 0 spiro atoms. The molecular weight excluding hydrogens is 889 g/mol. The second kappa shape index (κ2) is 59.9. The highest BCUT2D eigenvalue weighted by Gasteiger charge is 2.19. The van der Waals surface area contributed by atoms with E-state index >= 15 is 0 Å². The lowest BCUT2D eigenvalue weighted by atomic mass is 10.0. The predicted molar refractivity (Wildman–Crippen MR) is 311 cm³/mol. The third kappa shape index (κ3) is 57.2. The molecule has 0 rings (SSSR count). The van der Waals surface area contributed by atoms with Crippen molar-refractivity contribution in [2.75, 3.05) is 13.2 Å². The van der Waals surface area contributed by atoms with Gasteiger partial charge in [-0.1, -0.05) is 259 Å². The van der Waals surface area contributed by atoms with E-state index in [9.17, 15) is 14.4 Å². The summed E-state index contributed by atoms with van der Waals surface area (Å²) >= 11 is 0. The van der Waals surface area contributed by atoms with Gasteiger partial charge in [-0.25, -0.2) is 0 Å². The van der Waals surface area contributed by atoms with Gasteiger partial charge >= 0.3 is 17.9 Å². The average molecular weight is 1000 g/mol. The summed E-state index contributed by atoms with van der Waals surface area (Å²) in [7, 11) is 0. The second-order valence-electron chi connectivity index (χ2n) is 19.9. The fraction of sp³-hybridized carbons (Fsp3) is 0.712. The molecule has 0 saturated heterocycles. The number of carbonyl (C=O) groups is 3. The molecule has 0 aromatic rings. The molecule has 0 bridgehead atoms. The third-order valence-electron chi connectivity index (χ3n) is 12.8. The van der Waals surface area contributed by atoms with Gasteiger partial charge in [-0.3, -0.25) is 14.4 Å². The Labute approximate surface area is 445 Å². The fourth-order valence-corrected chi connectivity index (χ4v) is 8.30. The van der Waals surface area contributed by atoms with Gasteiger partial charge < -0.3 is 14.2 Å². The number of esters is 3. The second-order valence-corrected chi connectivity index (χ2v) is 19.9. The van der Waals surface area contributed by atoms with Gasteiger partial charge in [0.15, 0.2) is 6.10 Å². The highest BCUT2D eigenvalue weighted by molar-refractivity contribution is 5.71. The van der Waals surface area contributed by atoms with Crippen LogP contribution in [0.25, 0.3) is 0 Å². The minimum Gasteiger partial charge on any atom is -0.462 e. The zero-order valence-electron chi connectivity index (χ0n) is 47.2. The van der Waals surface area contributed by atoms with Crippen molar-refractivity contribution in [3.8, 4) is 0 Å². The summed E-state index contributed by atoms with van der Waals surface area (Å²) in [5.41, 5.74) is 0.